The zero-order chi connectivity index (χ0) is 19.8. The van der Waals surface area contributed by atoms with E-state index in [9.17, 15) is 9.59 Å². The van der Waals surface area contributed by atoms with Gasteiger partial charge in [-0.15, -0.1) is 0 Å². The number of amides is 1. The molecule has 28 heavy (non-hydrogen) atoms. The van der Waals surface area contributed by atoms with Gasteiger partial charge in [-0.3, -0.25) is 4.79 Å². The van der Waals surface area contributed by atoms with Crippen LogP contribution in [0.5, 0.6) is 0 Å². The topological polar surface area (TPSA) is 73.2 Å². The number of aryl methyl sites for hydroxylation is 1. The molecule has 6 heteroatoms. The van der Waals surface area contributed by atoms with E-state index >= 15 is 0 Å². The molecule has 0 aliphatic heterocycles. The number of methoxy groups -OCH3 is 1. The molecule has 0 saturated carbocycles. The van der Waals surface area contributed by atoms with Gasteiger partial charge in [0.05, 0.1) is 19.0 Å². The number of anilines is 1. The maximum Gasteiger partial charge on any atom is 0.360 e. The molecule has 6 nitrogen and oxygen atoms in total. The third-order valence-electron chi connectivity index (χ3n) is 4.09. The lowest BCUT2D eigenvalue weighted by atomic mass is 10.1. The molecular formula is C22H21N3O3. The third kappa shape index (κ3) is 5.17. The van der Waals surface area contributed by atoms with Gasteiger partial charge in [-0.1, -0.05) is 60.7 Å². The molecule has 0 unspecified atom stereocenters. The lowest BCUT2D eigenvalue weighted by Crippen LogP contribution is -2.15. The van der Waals surface area contributed by atoms with Crippen LogP contribution in [-0.4, -0.2) is 28.8 Å². The number of carbonyl (C=O) groups excluding carboxylic acids is 2. The Kier molecular flexibility index (Phi) is 6.36. The van der Waals surface area contributed by atoms with E-state index in [4.69, 9.17) is 4.74 Å². The van der Waals surface area contributed by atoms with E-state index in [1.165, 1.54) is 11.8 Å². The summed E-state index contributed by atoms with van der Waals surface area (Å²) in [6, 6.07) is 19.5. The molecule has 0 saturated heterocycles. The molecule has 0 aliphatic carbocycles. The van der Waals surface area contributed by atoms with Gasteiger partial charge in [0.1, 0.15) is 0 Å². The van der Waals surface area contributed by atoms with Gasteiger partial charge >= 0.3 is 5.97 Å². The van der Waals surface area contributed by atoms with E-state index in [-0.39, 0.29) is 11.6 Å². The number of rotatable bonds is 7. The second-order valence-electron chi connectivity index (χ2n) is 6.12. The normalized spacial score (nSPS) is 10.8. The van der Waals surface area contributed by atoms with Crippen LogP contribution in [0.3, 0.4) is 0 Å². The van der Waals surface area contributed by atoms with Gasteiger partial charge in [-0.2, -0.15) is 5.10 Å². The molecule has 0 radical (unpaired) electrons. The third-order valence-corrected chi connectivity index (χ3v) is 4.09. The van der Waals surface area contributed by atoms with E-state index in [0.29, 0.717) is 18.5 Å². The first-order valence-corrected chi connectivity index (χ1v) is 8.90. The maximum atomic E-state index is 12.3. The van der Waals surface area contributed by atoms with Crippen LogP contribution in [0.1, 0.15) is 28.0 Å². The van der Waals surface area contributed by atoms with Crippen molar-refractivity contribution in [3.8, 4) is 0 Å². The van der Waals surface area contributed by atoms with Crippen molar-refractivity contribution in [3.63, 3.8) is 0 Å². The molecule has 0 bridgehead atoms. The Morgan fingerprint density at radius 3 is 2.43 bits per heavy atom. The SMILES string of the molecule is COC(=O)c1nn(C=Cc2ccccc2)cc1NC(=O)CCc1ccccc1. The molecule has 3 aromatic rings. The van der Waals surface area contributed by atoms with Crippen LogP contribution in [-0.2, 0) is 16.0 Å². The summed E-state index contributed by atoms with van der Waals surface area (Å²) in [5, 5.41) is 6.97. The molecule has 1 amide bonds. The van der Waals surface area contributed by atoms with Gasteiger partial charge in [0, 0.05) is 12.6 Å². The number of hydrogen-bond acceptors (Lipinski definition) is 4. The van der Waals surface area contributed by atoms with Crippen LogP contribution in [0.15, 0.2) is 66.9 Å². The Labute approximate surface area is 163 Å². The van der Waals surface area contributed by atoms with Gasteiger partial charge in [-0.25, -0.2) is 9.48 Å². The Morgan fingerprint density at radius 1 is 1.07 bits per heavy atom. The highest BCUT2D eigenvalue weighted by molar-refractivity contribution is 6.00. The lowest BCUT2D eigenvalue weighted by Gasteiger charge is -2.04. The summed E-state index contributed by atoms with van der Waals surface area (Å²) in [5.41, 5.74) is 2.45. The fourth-order valence-electron chi connectivity index (χ4n) is 2.65. The zero-order valence-electron chi connectivity index (χ0n) is 15.5. The van der Waals surface area contributed by atoms with Crippen molar-refractivity contribution in [1.82, 2.24) is 9.78 Å². The molecule has 1 heterocycles. The first kappa shape index (κ1) is 19.1. The highest BCUT2D eigenvalue weighted by Crippen LogP contribution is 2.17. The Hall–Kier alpha value is -3.67. The summed E-state index contributed by atoms with van der Waals surface area (Å²) >= 11 is 0. The van der Waals surface area contributed by atoms with E-state index in [1.807, 2.05) is 66.7 Å². The van der Waals surface area contributed by atoms with Crippen molar-refractivity contribution >= 4 is 29.8 Å². The number of ether oxygens (including phenoxy) is 1. The number of hydrogen-bond donors (Lipinski definition) is 1. The highest BCUT2D eigenvalue weighted by Gasteiger charge is 2.18. The summed E-state index contributed by atoms with van der Waals surface area (Å²) in [4.78, 5) is 24.3. The largest absolute Gasteiger partial charge is 0.464 e. The summed E-state index contributed by atoms with van der Waals surface area (Å²) < 4.78 is 6.25. The van der Waals surface area contributed by atoms with Crippen LogP contribution >= 0.6 is 0 Å². The fraction of sp³-hybridized carbons (Fsp3) is 0.136. The minimum Gasteiger partial charge on any atom is -0.464 e. The van der Waals surface area contributed by atoms with E-state index in [0.717, 1.165) is 11.1 Å². The van der Waals surface area contributed by atoms with Crippen molar-refractivity contribution in [2.24, 2.45) is 0 Å². The van der Waals surface area contributed by atoms with Gasteiger partial charge < -0.3 is 10.1 Å². The van der Waals surface area contributed by atoms with Crippen molar-refractivity contribution in [1.29, 1.82) is 0 Å². The average molecular weight is 375 g/mol. The number of esters is 1. The van der Waals surface area contributed by atoms with E-state index < -0.39 is 5.97 Å². The monoisotopic (exact) mass is 375 g/mol. The van der Waals surface area contributed by atoms with Crippen molar-refractivity contribution in [2.75, 3.05) is 12.4 Å². The lowest BCUT2D eigenvalue weighted by molar-refractivity contribution is -0.116. The summed E-state index contributed by atoms with van der Waals surface area (Å²) in [7, 11) is 1.28. The Bertz CT molecular complexity index is 963. The molecule has 1 aromatic heterocycles. The highest BCUT2D eigenvalue weighted by atomic mass is 16.5. The average Bonchev–Trinajstić information content (AvgIpc) is 3.14. The second-order valence-corrected chi connectivity index (χ2v) is 6.12. The quantitative estimate of drug-likeness (QED) is 0.636. The summed E-state index contributed by atoms with van der Waals surface area (Å²) in [6.45, 7) is 0. The van der Waals surface area contributed by atoms with E-state index in [2.05, 4.69) is 10.4 Å². The van der Waals surface area contributed by atoms with Crippen LogP contribution < -0.4 is 5.32 Å². The minimum absolute atomic E-state index is 0.0632. The maximum absolute atomic E-state index is 12.3. The molecule has 142 valence electrons. The summed E-state index contributed by atoms with van der Waals surface area (Å²) in [5.74, 6) is -0.800. The standard InChI is InChI=1S/C22H21N3O3/c1-28-22(27)21-19(23-20(26)13-12-17-8-4-2-5-9-17)16-25(24-21)15-14-18-10-6-3-7-11-18/h2-11,14-16H,12-13H2,1H3,(H,23,26). The van der Waals surface area contributed by atoms with Crippen molar-refractivity contribution in [2.45, 2.75) is 12.8 Å². The minimum atomic E-state index is -0.606. The smallest absolute Gasteiger partial charge is 0.360 e. The number of benzene rings is 2. The Morgan fingerprint density at radius 2 is 1.75 bits per heavy atom. The molecule has 0 aliphatic rings. The van der Waals surface area contributed by atoms with Crippen molar-refractivity contribution in [3.05, 3.63) is 83.7 Å². The molecule has 0 fully saturated rings. The van der Waals surface area contributed by atoms with Gasteiger partial charge in [0.25, 0.3) is 0 Å². The molecule has 2 aromatic carbocycles. The molecule has 3 rings (SSSR count). The number of nitrogens with zero attached hydrogens (tertiary/aromatic N) is 2. The number of carbonyl (C=O) groups is 2. The van der Waals surface area contributed by atoms with Gasteiger partial charge in [-0.05, 0) is 23.6 Å². The predicted octanol–water partition coefficient (Wildman–Crippen LogP) is 3.87. The first-order chi connectivity index (χ1) is 13.7. The van der Waals surface area contributed by atoms with Crippen LogP contribution in [0.4, 0.5) is 5.69 Å². The predicted molar refractivity (Wildman–Crippen MR) is 109 cm³/mol. The molecular weight excluding hydrogens is 354 g/mol. The fourth-order valence-corrected chi connectivity index (χ4v) is 2.65. The Balaban J connectivity index is 1.71. The summed E-state index contributed by atoms with van der Waals surface area (Å²) in [6.07, 6.45) is 6.07. The van der Waals surface area contributed by atoms with Gasteiger partial charge in [0.2, 0.25) is 5.91 Å². The van der Waals surface area contributed by atoms with Crippen LogP contribution in [0, 0.1) is 0 Å². The van der Waals surface area contributed by atoms with Crippen molar-refractivity contribution < 1.29 is 14.3 Å². The number of aromatic nitrogens is 2. The van der Waals surface area contributed by atoms with E-state index in [1.54, 1.807) is 12.4 Å². The molecule has 1 N–H and O–H groups in total. The van der Waals surface area contributed by atoms with Crippen LogP contribution in [0.2, 0.25) is 0 Å². The zero-order valence-corrected chi connectivity index (χ0v) is 15.5. The van der Waals surface area contributed by atoms with Crippen LogP contribution in [0.25, 0.3) is 12.3 Å². The molecule has 0 spiro atoms. The molecule has 0 atom stereocenters. The number of nitrogens with one attached hydrogen (secondary N) is 1. The first-order valence-electron chi connectivity index (χ1n) is 8.90. The second kappa shape index (κ2) is 9.32. The van der Waals surface area contributed by atoms with Gasteiger partial charge in [0.15, 0.2) is 5.69 Å².